The van der Waals surface area contributed by atoms with Crippen molar-refractivity contribution in [1.29, 1.82) is 0 Å². The number of nitro groups is 1. The van der Waals surface area contributed by atoms with Gasteiger partial charge in [-0.2, -0.15) is 0 Å². The molecule has 0 heterocycles. The van der Waals surface area contributed by atoms with E-state index < -0.39 is 40.6 Å². The average molecular weight is 417 g/mol. The van der Waals surface area contributed by atoms with Crippen LogP contribution in [0.3, 0.4) is 0 Å². The number of hydrogen-bond acceptors (Lipinski definition) is 5. The number of carboxylic acid groups (broad SMARTS) is 1. The van der Waals surface area contributed by atoms with Crippen LogP contribution in [0.2, 0.25) is 0 Å². The maximum absolute atomic E-state index is 13.1. The van der Waals surface area contributed by atoms with Crippen molar-refractivity contribution < 1.29 is 28.8 Å². The summed E-state index contributed by atoms with van der Waals surface area (Å²) >= 11 is 0. The van der Waals surface area contributed by atoms with E-state index in [1.807, 2.05) is 0 Å². The van der Waals surface area contributed by atoms with Crippen molar-refractivity contribution in [2.24, 2.45) is 0 Å². The van der Waals surface area contributed by atoms with Gasteiger partial charge in [0.15, 0.2) is 0 Å². The Balaban J connectivity index is 2.19. The predicted octanol–water partition coefficient (Wildman–Crippen LogP) is 1.59. The van der Waals surface area contributed by atoms with Crippen LogP contribution in [0.5, 0.6) is 0 Å². The summed E-state index contributed by atoms with van der Waals surface area (Å²) in [6.45, 7) is 1.20. The first-order valence-corrected chi connectivity index (χ1v) is 8.94. The minimum absolute atomic E-state index is 0.00349. The Morgan fingerprint density at radius 2 is 1.67 bits per heavy atom. The molecule has 0 saturated carbocycles. The first-order valence-electron chi connectivity index (χ1n) is 8.94. The fraction of sp³-hybridized carbons (Fsp3) is 0.250. The number of para-hydroxylation sites is 1. The highest BCUT2D eigenvalue weighted by molar-refractivity contribution is 5.90. The Labute approximate surface area is 171 Å². The van der Waals surface area contributed by atoms with Crippen LogP contribution in [0.15, 0.2) is 48.5 Å². The van der Waals surface area contributed by atoms with Gasteiger partial charge in [0, 0.05) is 31.4 Å². The van der Waals surface area contributed by atoms with Gasteiger partial charge in [-0.25, -0.2) is 9.18 Å². The molecule has 2 aromatic carbocycles. The Morgan fingerprint density at radius 3 is 2.23 bits per heavy atom. The first kappa shape index (κ1) is 22.5. The highest BCUT2D eigenvalue weighted by Gasteiger charge is 2.28. The minimum Gasteiger partial charge on any atom is -0.480 e. The maximum atomic E-state index is 13.1. The molecule has 0 aromatic heterocycles. The van der Waals surface area contributed by atoms with Crippen LogP contribution < -0.4 is 10.6 Å². The van der Waals surface area contributed by atoms with Crippen LogP contribution in [0.25, 0.3) is 0 Å². The fourth-order valence-electron chi connectivity index (χ4n) is 2.86. The molecule has 0 spiro atoms. The molecule has 30 heavy (non-hydrogen) atoms. The summed E-state index contributed by atoms with van der Waals surface area (Å²) in [5, 5.41) is 25.4. The molecule has 2 rings (SSSR count). The molecule has 0 bridgehead atoms. The van der Waals surface area contributed by atoms with E-state index in [-0.39, 0.29) is 24.1 Å². The highest BCUT2D eigenvalue weighted by Crippen LogP contribution is 2.19. The number of benzene rings is 2. The summed E-state index contributed by atoms with van der Waals surface area (Å²) in [5.74, 6) is -3.14. The molecule has 9 nitrogen and oxygen atoms in total. The maximum Gasteiger partial charge on any atom is 0.326 e. The number of halogens is 1. The second-order valence-corrected chi connectivity index (χ2v) is 6.57. The van der Waals surface area contributed by atoms with Gasteiger partial charge >= 0.3 is 5.97 Å². The van der Waals surface area contributed by atoms with Gasteiger partial charge in [-0.15, -0.1) is 0 Å². The lowest BCUT2D eigenvalue weighted by Gasteiger charge is -2.21. The second-order valence-electron chi connectivity index (χ2n) is 6.57. The van der Waals surface area contributed by atoms with Gasteiger partial charge in [0.2, 0.25) is 11.8 Å². The number of amides is 2. The summed E-state index contributed by atoms with van der Waals surface area (Å²) in [6, 6.07) is 8.35. The summed E-state index contributed by atoms with van der Waals surface area (Å²) < 4.78 is 13.1. The Bertz CT molecular complexity index is 948. The largest absolute Gasteiger partial charge is 0.480 e. The lowest BCUT2D eigenvalue weighted by molar-refractivity contribution is -0.385. The quantitative estimate of drug-likeness (QED) is 0.418. The molecule has 0 aliphatic heterocycles. The van der Waals surface area contributed by atoms with E-state index >= 15 is 0 Å². The van der Waals surface area contributed by atoms with Gasteiger partial charge in [-0.1, -0.05) is 30.3 Å². The van der Waals surface area contributed by atoms with E-state index in [0.717, 1.165) is 0 Å². The number of carbonyl (C=O) groups is 3. The summed E-state index contributed by atoms with van der Waals surface area (Å²) in [4.78, 5) is 46.3. The first-order chi connectivity index (χ1) is 14.2. The Morgan fingerprint density at radius 1 is 1.03 bits per heavy atom. The van der Waals surface area contributed by atoms with Crippen LogP contribution in [0.1, 0.15) is 18.1 Å². The van der Waals surface area contributed by atoms with Crippen LogP contribution in [-0.2, 0) is 27.2 Å². The van der Waals surface area contributed by atoms with Crippen LogP contribution in [-0.4, -0.2) is 39.9 Å². The third-order valence-corrected chi connectivity index (χ3v) is 4.27. The number of rotatable bonds is 9. The number of aliphatic carboxylic acids is 1. The van der Waals surface area contributed by atoms with Crippen molar-refractivity contribution in [3.63, 3.8) is 0 Å². The Hall–Kier alpha value is -3.82. The highest BCUT2D eigenvalue weighted by atomic mass is 19.1. The van der Waals surface area contributed by atoms with Crippen molar-refractivity contribution >= 4 is 23.5 Å². The topological polar surface area (TPSA) is 139 Å². The van der Waals surface area contributed by atoms with Gasteiger partial charge in [-0.3, -0.25) is 19.7 Å². The number of carboxylic acids is 1. The normalized spacial score (nSPS) is 12.5. The second kappa shape index (κ2) is 10.1. The zero-order valence-corrected chi connectivity index (χ0v) is 16.0. The molecule has 2 aromatic rings. The lowest BCUT2D eigenvalue weighted by Crippen LogP contribution is -2.52. The minimum atomic E-state index is -1.46. The number of nitrogens with zero attached hydrogens (tertiary/aromatic N) is 1. The van der Waals surface area contributed by atoms with Crippen LogP contribution in [0.4, 0.5) is 10.1 Å². The van der Waals surface area contributed by atoms with E-state index in [0.29, 0.717) is 5.56 Å². The fourth-order valence-corrected chi connectivity index (χ4v) is 2.86. The van der Waals surface area contributed by atoms with E-state index in [9.17, 15) is 34.0 Å². The van der Waals surface area contributed by atoms with Gasteiger partial charge in [0.25, 0.3) is 5.69 Å². The third-order valence-electron chi connectivity index (χ3n) is 4.27. The van der Waals surface area contributed by atoms with E-state index in [1.165, 1.54) is 55.5 Å². The molecule has 0 aliphatic rings. The number of carbonyl (C=O) groups excluding carboxylic acids is 2. The summed E-state index contributed by atoms with van der Waals surface area (Å²) in [6.07, 6.45) is -0.314. The standard InChI is InChI=1S/C20H20FN3O6/c1-12(25)22-16(10-13-6-8-15(21)9-7-13)19(26)23-17(20(27)28)11-14-4-2-3-5-18(14)24(29)30/h2-9,16-17H,10-11H2,1H3,(H,22,25)(H,23,26)(H,27,28)/t16-,17+/m1/s1. The van der Waals surface area contributed by atoms with Crippen molar-refractivity contribution in [3.8, 4) is 0 Å². The zero-order valence-electron chi connectivity index (χ0n) is 16.0. The number of hydrogen-bond donors (Lipinski definition) is 3. The molecular formula is C20H20FN3O6. The van der Waals surface area contributed by atoms with E-state index in [2.05, 4.69) is 10.6 Å². The van der Waals surface area contributed by atoms with E-state index in [1.54, 1.807) is 0 Å². The van der Waals surface area contributed by atoms with Crippen molar-refractivity contribution in [2.75, 3.05) is 0 Å². The Kier molecular flexibility index (Phi) is 7.56. The van der Waals surface area contributed by atoms with Crippen molar-refractivity contribution in [3.05, 3.63) is 75.6 Å². The van der Waals surface area contributed by atoms with Crippen LogP contribution >= 0.6 is 0 Å². The van der Waals surface area contributed by atoms with Gasteiger partial charge < -0.3 is 15.7 Å². The molecule has 2 atom stereocenters. The molecule has 0 radical (unpaired) electrons. The molecule has 2 amide bonds. The molecule has 3 N–H and O–H groups in total. The van der Waals surface area contributed by atoms with Crippen molar-refractivity contribution in [2.45, 2.75) is 31.8 Å². The monoisotopic (exact) mass is 417 g/mol. The van der Waals surface area contributed by atoms with Crippen molar-refractivity contribution in [1.82, 2.24) is 10.6 Å². The number of nitrogens with one attached hydrogen (secondary N) is 2. The SMILES string of the molecule is CC(=O)N[C@H](Cc1ccc(F)cc1)C(=O)N[C@@H](Cc1ccccc1[N+](=O)[O-])C(=O)O. The average Bonchev–Trinajstić information content (AvgIpc) is 2.68. The molecule has 0 unspecified atom stereocenters. The molecule has 0 fully saturated rings. The smallest absolute Gasteiger partial charge is 0.326 e. The van der Waals surface area contributed by atoms with Gasteiger partial charge in [-0.05, 0) is 17.7 Å². The molecule has 10 heteroatoms. The van der Waals surface area contributed by atoms with Gasteiger partial charge in [0.1, 0.15) is 17.9 Å². The molecule has 0 aliphatic carbocycles. The molecular weight excluding hydrogens is 397 g/mol. The third kappa shape index (κ3) is 6.36. The molecule has 0 saturated heterocycles. The molecule has 158 valence electrons. The van der Waals surface area contributed by atoms with E-state index in [4.69, 9.17) is 0 Å². The summed E-state index contributed by atoms with van der Waals surface area (Å²) in [7, 11) is 0. The van der Waals surface area contributed by atoms with Crippen LogP contribution in [0, 0.1) is 15.9 Å². The van der Waals surface area contributed by atoms with Gasteiger partial charge in [0.05, 0.1) is 4.92 Å². The lowest BCUT2D eigenvalue weighted by atomic mass is 10.0. The summed E-state index contributed by atoms with van der Waals surface area (Å²) in [5.41, 5.74) is 0.434. The zero-order chi connectivity index (χ0) is 22.3. The number of nitro benzene ring substituents is 1. The predicted molar refractivity (Wildman–Crippen MR) is 104 cm³/mol.